The van der Waals surface area contributed by atoms with Gasteiger partial charge in [-0.2, -0.15) is 0 Å². The van der Waals surface area contributed by atoms with E-state index in [0.29, 0.717) is 18.8 Å². The second-order valence-corrected chi connectivity index (χ2v) is 11.7. The summed E-state index contributed by atoms with van der Waals surface area (Å²) < 4.78 is 28.4. The molecular formula is C33H48O8. The summed E-state index contributed by atoms with van der Waals surface area (Å²) >= 11 is 0. The molecule has 3 aliphatic heterocycles. The largest absolute Gasteiger partial charge is 0.469 e. The van der Waals surface area contributed by atoms with Crippen molar-refractivity contribution in [1.29, 1.82) is 0 Å². The van der Waals surface area contributed by atoms with Gasteiger partial charge in [-0.3, -0.25) is 9.59 Å². The van der Waals surface area contributed by atoms with Gasteiger partial charge in [-0.25, -0.2) is 4.79 Å². The van der Waals surface area contributed by atoms with Gasteiger partial charge in [0.25, 0.3) is 0 Å². The number of rotatable bonds is 6. The summed E-state index contributed by atoms with van der Waals surface area (Å²) in [7, 11) is 2.75. The quantitative estimate of drug-likeness (QED) is 0.163. The number of fused-ring (bicyclic) bond motifs is 4. The van der Waals surface area contributed by atoms with E-state index in [1.807, 2.05) is 37.3 Å². The molecule has 3 saturated heterocycles. The number of methoxy groups -OCH3 is 2. The van der Waals surface area contributed by atoms with E-state index < -0.39 is 0 Å². The van der Waals surface area contributed by atoms with Crippen LogP contribution in [0, 0.1) is 5.92 Å². The Bertz CT molecular complexity index is 993. The first-order valence-electron chi connectivity index (χ1n) is 15.1. The molecule has 4 bridgehead atoms. The Kier molecular flexibility index (Phi) is 13.8. The van der Waals surface area contributed by atoms with Crippen LogP contribution in [0.25, 0.3) is 0 Å². The Morgan fingerprint density at radius 3 is 2.32 bits per heavy atom. The Labute approximate surface area is 245 Å². The van der Waals surface area contributed by atoms with Crippen molar-refractivity contribution in [3.8, 4) is 0 Å². The normalized spacial score (nSPS) is 31.7. The van der Waals surface area contributed by atoms with Gasteiger partial charge in [0.15, 0.2) is 0 Å². The zero-order chi connectivity index (χ0) is 29.6. The number of esters is 3. The monoisotopic (exact) mass is 572 g/mol. The molecule has 6 atom stereocenters. The standard InChI is InChI=1S/C33H48O8/c1-23-11-8-13-26(12-7-5-6-10-24(2)17-31(34)37-3)41-33(36)22-30-19-25(20-32(35)38-4)18-29(40-30)21-28-15-9-14-27(16-23)39-28/h5-7,10,12,20,23,26-30H,8-9,11,13-19,21-22H2,1-4H3/b6-5-,12-7+,24-10+,25-20-. The Morgan fingerprint density at radius 2 is 1.56 bits per heavy atom. The van der Waals surface area contributed by atoms with Crippen molar-refractivity contribution in [2.75, 3.05) is 14.2 Å². The minimum atomic E-state index is -0.388. The Balaban J connectivity index is 1.72. The fraction of sp³-hybridized carbons (Fsp3) is 0.667. The molecule has 8 heteroatoms. The lowest BCUT2D eigenvalue weighted by Crippen LogP contribution is -2.37. The zero-order valence-corrected chi connectivity index (χ0v) is 25.2. The van der Waals surface area contributed by atoms with Crippen LogP contribution in [-0.4, -0.2) is 62.6 Å². The highest BCUT2D eigenvalue weighted by Gasteiger charge is 2.33. The first-order chi connectivity index (χ1) is 19.7. The molecule has 0 spiro atoms. The molecule has 41 heavy (non-hydrogen) atoms. The molecular weight excluding hydrogens is 524 g/mol. The van der Waals surface area contributed by atoms with Gasteiger partial charge in [-0.05, 0) is 70.3 Å². The van der Waals surface area contributed by atoms with E-state index in [-0.39, 0.29) is 61.3 Å². The molecule has 0 aromatic carbocycles. The molecule has 0 radical (unpaired) electrons. The van der Waals surface area contributed by atoms with E-state index in [1.54, 1.807) is 0 Å². The Morgan fingerprint density at radius 1 is 0.854 bits per heavy atom. The lowest BCUT2D eigenvalue weighted by molar-refractivity contribution is -0.154. The molecule has 0 N–H and O–H groups in total. The topological polar surface area (TPSA) is 97.4 Å². The third-order valence-corrected chi connectivity index (χ3v) is 7.96. The van der Waals surface area contributed by atoms with Crippen molar-refractivity contribution in [2.24, 2.45) is 5.92 Å². The first kappa shape index (κ1) is 32.8. The maximum atomic E-state index is 13.1. The molecule has 3 rings (SSSR count). The fourth-order valence-corrected chi connectivity index (χ4v) is 5.92. The third-order valence-electron chi connectivity index (χ3n) is 7.96. The average molecular weight is 573 g/mol. The summed E-state index contributed by atoms with van der Waals surface area (Å²) in [5.74, 6) is -0.457. The molecule has 0 aromatic rings. The fourth-order valence-electron chi connectivity index (χ4n) is 5.92. The molecule has 6 unspecified atom stereocenters. The van der Waals surface area contributed by atoms with Gasteiger partial charge in [0.05, 0.1) is 51.5 Å². The molecule has 0 aliphatic carbocycles. The molecule has 228 valence electrons. The van der Waals surface area contributed by atoms with Crippen molar-refractivity contribution in [2.45, 2.75) is 121 Å². The maximum Gasteiger partial charge on any atom is 0.330 e. The lowest BCUT2D eigenvalue weighted by atomic mass is 9.89. The SMILES string of the molecule is COC(=O)/C=C1\CC2CC(=O)OC(/C=C/C=C\C=C(/C)CC(=O)OC)CCCC(C)CC3CCCC(CC(C1)O2)O3. The maximum absolute atomic E-state index is 13.1. The van der Waals surface area contributed by atoms with E-state index in [4.69, 9.17) is 23.7 Å². The number of allylic oxidation sites excluding steroid dienone is 4. The number of cyclic esters (lactones) is 1. The van der Waals surface area contributed by atoms with Crippen molar-refractivity contribution < 1.29 is 38.1 Å². The highest BCUT2D eigenvalue weighted by atomic mass is 16.6. The zero-order valence-electron chi connectivity index (χ0n) is 25.2. The molecule has 3 fully saturated rings. The van der Waals surface area contributed by atoms with Gasteiger partial charge in [-0.1, -0.05) is 48.8 Å². The minimum Gasteiger partial charge on any atom is -0.469 e. The predicted molar refractivity (Wildman–Crippen MR) is 156 cm³/mol. The van der Waals surface area contributed by atoms with Crippen LogP contribution in [0.15, 0.2) is 47.6 Å². The lowest BCUT2D eigenvalue weighted by Gasteiger charge is -2.37. The first-order valence-corrected chi connectivity index (χ1v) is 15.1. The van der Waals surface area contributed by atoms with E-state index in [0.717, 1.165) is 62.5 Å². The van der Waals surface area contributed by atoms with Crippen LogP contribution in [0.4, 0.5) is 0 Å². The van der Waals surface area contributed by atoms with E-state index >= 15 is 0 Å². The van der Waals surface area contributed by atoms with Gasteiger partial charge >= 0.3 is 17.9 Å². The van der Waals surface area contributed by atoms with Gasteiger partial charge in [0.2, 0.25) is 0 Å². The van der Waals surface area contributed by atoms with Gasteiger partial charge in [0.1, 0.15) is 6.10 Å². The number of hydrogen-bond acceptors (Lipinski definition) is 8. The molecule has 0 saturated carbocycles. The van der Waals surface area contributed by atoms with E-state index in [9.17, 15) is 14.4 Å². The Hall–Kier alpha value is -2.71. The molecule has 0 aromatic heterocycles. The van der Waals surface area contributed by atoms with Gasteiger partial charge < -0.3 is 23.7 Å². The number of hydrogen-bond donors (Lipinski definition) is 0. The average Bonchev–Trinajstić information content (AvgIpc) is 2.92. The summed E-state index contributed by atoms with van der Waals surface area (Å²) in [6.45, 7) is 4.15. The van der Waals surface area contributed by atoms with Crippen molar-refractivity contribution in [3.05, 3.63) is 47.6 Å². The minimum absolute atomic E-state index is 0.120. The number of ether oxygens (including phenoxy) is 5. The highest BCUT2D eigenvalue weighted by molar-refractivity contribution is 5.82. The molecule has 3 aliphatic rings. The van der Waals surface area contributed by atoms with Crippen LogP contribution in [0.2, 0.25) is 0 Å². The predicted octanol–water partition coefficient (Wildman–Crippen LogP) is 6.10. The summed E-state index contributed by atoms with van der Waals surface area (Å²) in [5.41, 5.74) is 1.83. The van der Waals surface area contributed by atoms with E-state index in [1.165, 1.54) is 20.3 Å². The summed E-state index contributed by atoms with van der Waals surface area (Å²) in [5, 5.41) is 0. The number of carbonyl (C=O) groups is 3. The summed E-state index contributed by atoms with van der Waals surface area (Å²) in [4.78, 5) is 36.5. The smallest absolute Gasteiger partial charge is 0.330 e. The summed E-state index contributed by atoms with van der Waals surface area (Å²) in [6, 6.07) is 0. The van der Waals surface area contributed by atoms with Gasteiger partial charge in [-0.15, -0.1) is 0 Å². The summed E-state index contributed by atoms with van der Waals surface area (Å²) in [6.07, 6.45) is 19.7. The highest BCUT2D eigenvalue weighted by Crippen LogP contribution is 2.34. The van der Waals surface area contributed by atoms with Crippen LogP contribution in [0.5, 0.6) is 0 Å². The molecule has 0 amide bonds. The van der Waals surface area contributed by atoms with Crippen LogP contribution in [-0.2, 0) is 38.1 Å². The van der Waals surface area contributed by atoms with Crippen LogP contribution in [0.1, 0.15) is 90.9 Å². The van der Waals surface area contributed by atoms with Crippen LogP contribution < -0.4 is 0 Å². The third kappa shape index (κ3) is 12.4. The van der Waals surface area contributed by atoms with Crippen molar-refractivity contribution >= 4 is 17.9 Å². The van der Waals surface area contributed by atoms with Gasteiger partial charge in [0, 0.05) is 12.5 Å². The van der Waals surface area contributed by atoms with Crippen LogP contribution in [0.3, 0.4) is 0 Å². The second kappa shape index (κ2) is 17.3. The molecule has 8 nitrogen and oxygen atoms in total. The number of carbonyl (C=O) groups excluding carboxylic acids is 3. The van der Waals surface area contributed by atoms with E-state index in [2.05, 4.69) is 6.92 Å². The second-order valence-electron chi connectivity index (χ2n) is 11.7. The van der Waals surface area contributed by atoms with Crippen molar-refractivity contribution in [3.63, 3.8) is 0 Å². The van der Waals surface area contributed by atoms with Crippen molar-refractivity contribution in [1.82, 2.24) is 0 Å². The van der Waals surface area contributed by atoms with Crippen LogP contribution >= 0.6 is 0 Å². The molecule has 3 heterocycles.